The highest BCUT2D eigenvalue weighted by atomic mass is 35.5. The van der Waals surface area contributed by atoms with E-state index >= 15 is 0 Å². The quantitative estimate of drug-likeness (QED) is 0.835. The Kier molecular flexibility index (Phi) is 5.88. The lowest BCUT2D eigenvalue weighted by Gasteiger charge is -2.13. The number of hydrogen-bond donors (Lipinski definition) is 2. The van der Waals surface area contributed by atoms with Crippen LogP contribution >= 0.6 is 11.6 Å². The third-order valence-corrected chi connectivity index (χ3v) is 2.51. The maximum atomic E-state index is 12.8. The predicted octanol–water partition coefficient (Wildman–Crippen LogP) is 2.04. The molecule has 2 N–H and O–H groups in total. The van der Waals surface area contributed by atoms with E-state index in [0.717, 1.165) is 0 Å². The topological polar surface area (TPSA) is 50.4 Å². The maximum Gasteiger partial charge on any atom is 0.239 e. The molecule has 4 nitrogen and oxygen atoms in total. The lowest BCUT2D eigenvalue weighted by Crippen LogP contribution is -2.39. The van der Waals surface area contributed by atoms with Crippen LogP contribution in [0.5, 0.6) is 0 Å². The second-order valence-corrected chi connectivity index (χ2v) is 4.31. The lowest BCUT2D eigenvalue weighted by molar-refractivity contribution is -0.120. The molecule has 0 aromatic heterocycles. The van der Waals surface area contributed by atoms with Crippen molar-refractivity contribution in [2.45, 2.75) is 13.0 Å². The van der Waals surface area contributed by atoms with Crippen molar-refractivity contribution in [2.24, 2.45) is 0 Å². The van der Waals surface area contributed by atoms with Crippen LogP contribution in [0.15, 0.2) is 18.2 Å². The number of anilines is 1. The predicted molar refractivity (Wildman–Crippen MR) is 69.4 cm³/mol. The van der Waals surface area contributed by atoms with Gasteiger partial charge in [-0.15, -0.1) is 0 Å². The van der Waals surface area contributed by atoms with Crippen LogP contribution in [0.3, 0.4) is 0 Å². The molecule has 0 aliphatic carbocycles. The number of ether oxygens (including phenoxy) is 1. The fourth-order valence-electron chi connectivity index (χ4n) is 1.43. The molecule has 6 heteroatoms. The second-order valence-electron chi connectivity index (χ2n) is 3.90. The molecular formula is C12H16ClFN2O2. The molecule has 0 heterocycles. The first kappa shape index (κ1) is 14.7. The molecule has 0 aliphatic rings. The van der Waals surface area contributed by atoms with Gasteiger partial charge in [0.15, 0.2) is 0 Å². The van der Waals surface area contributed by atoms with E-state index in [1.165, 1.54) is 18.2 Å². The summed E-state index contributed by atoms with van der Waals surface area (Å²) in [6.07, 6.45) is 0. The van der Waals surface area contributed by atoms with E-state index < -0.39 is 5.82 Å². The summed E-state index contributed by atoms with van der Waals surface area (Å²) >= 11 is 5.81. The van der Waals surface area contributed by atoms with Gasteiger partial charge in [0, 0.05) is 13.2 Å². The van der Waals surface area contributed by atoms with Gasteiger partial charge in [0.1, 0.15) is 5.82 Å². The van der Waals surface area contributed by atoms with Crippen LogP contribution in [0.25, 0.3) is 0 Å². The van der Waals surface area contributed by atoms with Crippen LogP contribution in [-0.2, 0) is 9.53 Å². The Morgan fingerprint density at radius 3 is 2.89 bits per heavy atom. The van der Waals surface area contributed by atoms with Crippen molar-refractivity contribution in [3.63, 3.8) is 0 Å². The number of hydrogen-bond acceptors (Lipinski definition) is 3. The standard InChI is InChI=1S/C12H16ClFN2O2/c1-8(7-18-2)16-12(17)6-15-11-4-3-9(14)5-10(11)13/h3-5,8,15H,6-7H2,1-2H3,(H,16,17)/t8-/m0/s1. The summed E-state index contributed by atoms with van der Waals surface area (Å²) in [6, 6.07) is 3.89. The van der Waals surface area contributed by atoms with E-state index in [0.29, 0.717) is 12.3 Å². The van der Waals surface area contributed by atoms with Crippen LogP contribution in [0.1, 0.15) is 6.92 Å². The summed E-state index contributed by atoms with van der Waals surface area (Å²) < 4.78 is 17.7. The van der Waals surface area contributed by atoms with Crippen molar-refractivity contribution in [1.29, 1.82) is 0 Å². The molecule has 0 fully saturated rings. The van der Waals surface area contributed by atoms with Crippen LogP contribution in [0.4, 0.5) is 10.1 Å². The number of carbonyl (C=O) groups excluding carboxylic acids is 1. The molecule has 0 saturated heterocycles. The molecule has 0 spiro atoms. The van der Waals surface area contributed by atoms with E-state index in [9.17, 15) is 9.18 Å². The Bertz CT molecular complexity index is 415. The van der Waals surface area contributed by atoms with Gasteiger partial charge in [-0.1, -0.05) is 11.6 Å². The number of methoxy groups -OCH3 is 1. The van der Waals surface area contributed by atoms with Gasteiger partial charge < -0.3 is 15.4 Å². The molecule has 0 unspecified atom stereocenters. The van der Waals surface area contributed by atoms with Gasteiger partial charge in [-0.3, -0.25) is 4.79 Å². The van der Waals surface area contributed by atoms with Crippen LogP contribution in [-0.4, -0.2) is 32.2 Å². The summed E-state index contributed by atoms with van der Waals surface area (Å²) in [7, 11) is 1.57. The monoisotopic (exact) mass is 274 g/mol. The maximum absolute atomic E-state index is 12.8. The summed E-state index contributed by atoms with van der Waals surface area (Å²) in [6.45, 7) is 2.36. The first-order valence-corrected chi connectivity index (χ1v) is 5.88. The minimum absolute atomic E-state index is 0.0620. The summed E-state index contributed by atoms with van der Waals surface area (Å²) in [5.41, 5.74) is 0.521. The lowest BCUT2D eigenvalue weighted by atomic mass is 10.3. The van der Waals surface area contributed by atoms with E-state index in [4.69, 9.17) is 16.3 Å². The number of nitrogens with one attached hydrogen (secondary N) is 2. The Hall–Kier alpha value is -1.33. The highest BCUT2D eigenvalue weighted by Gasteiger charge is 2.08. The molecule has 0 bridgehead atoms. The minimum atomic E-state index is -0.413. The number of halogens is 2. The minimum Gasteiger partial charge on any atom is -0.383 e. The highest BCUT2D eigenvalue weighted by Crippen LogP contribution is 2.21. The van der Waals surface area contributed by atoms with Gasteiger partial charge in [-0.25, -0.2) is 4.39 Å². The first-order chi connectivity index (χ1) is 8.52. The fourth-order valence-corrected chi connectivity index (χ4v) is 1.66. The van der Waals surface area contributed by atoms with Gasteiger partial charge >= 0.3 is 0 Å². The molecule has 0 saturated carbocycles. The van der Waals surface area contributed by atoms with Gasteiger partial charge in [0.2, 0.25) is 5.91 Å². The van der Waals surface area contributed by atoms with E-state index in [1.54, 1.807) is 7.11 Å². The van der Waals surface area contributed by atoms with Gasteiger partial charge in [-0.05, 0) is 25.1 Å². The normalized spacial score (nSPS) is 12.0. The molecule has 100 valence electrons. The van der Waals surface area contributed by atoms with Gasteiger partial charge in [0.25, 0.3) is 0 Å². The molecule has 0 aliphatic heterocycles. The van der Waals surface area contributed by atoms with E-state index in [-0.39, 0.29) is 23.5 Å². The second kappa shape index (κ2) is 7.18. The SMILES string of the molecule is COC[C@H](C)NC(=O)CNc1ccc(F)cc1Cl. The number of amides is 1. The Morgan fingerprint density at radius 2 is 2.28 bits per heavy atom. The van der Waals surface area contributed by atoms with Crippen molar-refractivity contribution in [1.82, 2.24) is 5.32 Å². The van der Waals surface area contributed by atoms with Gasteiger partial charge in [-0.2, -0.15) is 0 Å². The zero-order valence-corrected chi connectivity index (χ0v) is 11.1. The summed E-state index contributed by atoms with van der Waals surface area (Å²) in [5, 5.41) is 5.82. The molecule has 0 radical (unpaired) electrons. The Morgan fingerprint density at radius 1 is 1.56 bits per heavy atom. The smallest absolute Gasteiger partial charge is 0.239 e. The van der Waals surface area contributed by atoms with Crippen molar-refractivity contribution in [3.05, 3.63) is 29.0 Å². The average Bonchev–Trinajstić information content (AvgIpc) is 2.28. The molecule has 1 amide bonds. The molecular weight excluding hydrogens is 259 g/mol. The molecule has 1 aromatic rings. The Labute approximate surface area is 110 Å². The Balaban J connectivity index is 2.42. The summed E-state index contributed by atoms with van der Waals surface area (Å²) in [5.74, 6) is -0.594. The summed E-state index contributed by atoms with van der Waals surface area (Å²) in [4.78, 5) is 11.5. The third-order valence-electron chi connectivity index (χ3n) is 2.19. The van der Waals surface area contributed by atoms with Gasteiger partial charge in [0.05, 0.1) is 23.9 Å². The molecule has 1 rings (SSSR count). The van der Waals surface area contributed by atoms with Crippen molar-refractivity contribution in [3.8, 4) is 0 Å². The van der Waals surface area contributed by atoms with E-state index in [2.05, 4.69) is 10.6 Å². The molecule has 1 aromatic carbocycles. The third kappa shape index (κ3) is 4.89. The van der Waals surface area contributed by atoms with Crippen LogP contribution in [0, 0.1) is 5.82 Å². The molecule has 18 heavy (non-hydrogen) atoms. The fraction of sp³-hybridized carbons (Fsp3) is 0.417. The first-order valence-electron chi connectivity index (χ1n) is 5.50. The zero-order chi connectivity index (χ0) is 13.5. The van der Waals surface area contributed by atoms with Crippen LogP contribution in [0.2, 0.25) is 5.02 Å². The largest absolute Gasteiger partial charge is 0.383 e. The van der Waals surface area contributed by atoms with Crippen LogP contribution < -0.4 is 10.6 Å². The number of benzene rings is 1. The highest BCUT2D eigenvalue weighted by molar-refractivity contribution is 6.33. The molecule has 1 atom stereocenters. The van der Waals surface area contributed by atoms with Crippen molar-refractivity contribution in [2.75, 3.05) is 25.6 Å². The number of carbonyl (C=O) groups is 1. The zero-order valence-electron chi connectivity index (χ0n) is 10.3. The van der Waals surface area contributed by atoms with E-state index in [1.807, 2.05) is 6.92 Å². The number of rotatable bonds is 6. The average molecular weight is 275 g/mol. The van der Waals surface area contributed by atoms with Crippen molar-refractivity contribution >= 4 is 23.2 Å². The van der Waals surface area contributed by atoms with Crippen molar-refractivity contribution < 1.29 is 13.9 Å².